The molecule has 2 rings (SSSR count). The lowest BCUT2D eigenvalue weighted by Crippen LogP contribution is -2.48. The van der Waals surface area contributed by atoms with Gasteiger partial charge in [-0.2, -0.15) is 0 Å². The third kappa shape index (κ3) is 3.85. The zero-order valence-electron chi connectivity index (χ0n) is 12.8. The van der Waals surface area contributed by atoms with Gasteiger partial charge >= 0.3 is 6.09 Å². The number of halogens is 1. The normalized spacial score (nSPS) is 15.9. The molecule has 1 N–H and O–H groups in total. The second-order valence-corrected chi connectivity index (χ2v) is 5.96. The van der Waals surface area contributed by atoms with Crippen molar-refractivity contribution in [3.63, 3.8) is 0 Å². The molecule has 0 atom stereocenters. The summed E-state index contributed by atoms with van der Waals surface area (Å²) in [5, 5.41) is 9.01. The van der Waals surface area contributed by atoms with Crippen LogP contribution in [0.25, 0.3) is 0 Å². The van der Waals surface area contributed by atoms with Gasteiger partial charge in [0.05, 0.1) is 6.20 Å². The lowest BCUT2D eigenvalue weighted by molar-refractivity contribution is 0.142. The van der Waals surface area contributed by atoms with Gasteiger partial charge in [-0.1, -0.05) is 0 Å². The van der Waals surface area contributed by atoms with E-state index in [1.165, 1.54) is 4.90 Å². The molecule has 9 heteroatoms. The Morgan fingerprint density at radius 1 is 1.36 bits per heavy atom. The van der Waals surface area contributed by atoms with E-state index in [1.54, 1.807) is 6.20 Å². The molecular weight excluding hydrogens is 352 g/mol. The Bertz CT molecular complexity index is 584. The summed E-state index contributed by atoms with van der Waals surface area (Å²) < 4.78 is 0.616. The fourth-order valence-corrected chi connectivity index (χ4v) is 2.28. The Hall–Kier alpha value is -1.90. The summed E-state index contributed by atoms with van der Waals surface area (Å²) in [4.78, 5) is 29.6. The number of hydrogen-bond acceptors (Lipinski definition) is 5. The smallest absolute Gasteiger partial charge is 0.407 e. The van der Waals surface area contributed by atoms with Gasteiger partial charge in [-0.15, -0.1) is 0 Å². The average Bonchev–Trinajstić information content (AvgIpc) is 2.47. The Morgan fingerprint density at radius 3 is 2.55 bits per heavy atom. The first-order chi connectivity index (χ1) is 10.4. The van der Waals surface area contributed by atoms with Crippen molar-refractivity contribution < 1.29 is 9.90 Å². The zero-order valence-corrected chi connectivity index (χ0v) is 14.4. The minimum Gasteiger partial charge on any atom is -0.465 e. The van der Waals surface area contributed by atoms with Crippen LogP contribution in [0.4, 0.5) is 16.4 Å². The van der Waals surface area contributed by atoms with Gasteiger partial charge in [0.25, 0.3) is 0 Å². The Balaban J connectivity index is 2.25. The topological polar surface area (TPSA) is 85.2 Å². The van der Waals surface area contributed by atoms with Crippen LogP contribution in [0.1, 0.15) is 6.92 Å². The minimum absolute atomic E-state index is 0.447. The molecule has 1 fully saturated rings. The number of piperazine rings is 1. The highest BCUT2D eigenvalue weighted by Gasteiger charge is 2.23. The lowest BCUT2D eigenvalue weighted by Gasteiger charge is -2.34. The van der Waals surface area contributed by atoms with Crippen LogP contribution >= 0.6 is 15.9 Å². The first-order valence-electron chi connectivity index (χ1n) is 6.86. The molecule has 1 saturated heterocycles. The van der Waals surface area contributed by atoms with Crippen molar-refractivity contribution in [1.82, 2.24) is 19.8 Å². The maximum Gasteiger partial charge on any atom is 0.407 e. The number of aliphatic imine (C=N–C) groups is 1. The molecule has 0 aliphatic carbocycles. The van der Waals surface area contributed by atoms with Crippen LogP contribution in [0.2, 0.25) is 0 Å². The molecule has 8 nitrogen and oxygen atoms in total. The number of carboxylic acid groups (broad SMARTS) is 1. The Kier molecular flexibility index (Phi) is 5.17. The Morgan fingerprint density at radius 2 is 2.00 bits per heavy atom. The van der Waals surface area contributed by atoms with E-state index in [-0.39, 0.29) is 0 Å². The van der Waals surface area contributed by atoms with Crippen molar-refractivity contribution in [2.24, 2.45) is 4.99 Å². The van der Waals surface area contributed by atoms with Crippen LogP contribution in [0.5, 0.6) is 0 Å². The third-order valence-electron chi connectivity index (χ3n) is 3.47. The average molecular weight is 371 g/mol. The quantitative estimate of drug-likeness (QED) is 0.629. The highest BCUT2D eigenvalue weighted by atomic mass is 79.9. The molecule has 120 valence electrons. The van der Waals surface area contributed by atoms with E-state index < -0.39 is 6.09 Å². The largest absolute Gasteiger partial charge is 0.465 e. The van der Waals surface area contributed by atoms with E-state index in [0.717, 1.165) is 5.84 Å². The monoisotopic (exact) mass is 370 g/mol. The molecule has 0 saturated carbocycles. The number of anilines is 1. The molecule has 1 aromatic heterocycles. The van der Waals surface area contributed by atoms with E-state index in [1.807, 2.05) is 30.8 Å². The van der Waals surface area contributed by atoms with Crippen molar-refractivity contribution in [1.29, 1.82) is 0 Å². The molecule has 1 aliphatic heterocycles. The first kappa shape index (κ1) is 16.5. The van der Waals surface area contributed by atoms with Crippen molar-refractivity contribution in [2.75, 3.05) is 45.2 Å². The SMILES string of the molecule is CC(=Nc1nc(Br)cnc1N1CCN(C(=O)O)CC1)N(C)C. The van der Waals surface area contributed by atoms with Crippen molar-refractivity contribution in [2.45, 2.75) is 6.92 Å². The molecule has 1 aromatic rings. The van der Waals surface area contributed by atoms with Gasteiger partial charge in [0.15, 0.2) is 11.6 Å². The summed E-state index contributed by atoms with van der Waals surface area (Å²) >= 11 is 3.31. The van der Waals surface area contributed by atoms with E-state index in [9.17, 15) is 4.79 Å². The zero-order chi connectivity index (χ0) is 16.3. The number of carbonyl (C=O) groups is 1. The number of rotatable bonds is 2. The maximum absolute atomic E-state index is 11.0. The van der Waals surface area contributed by atoms with E-state index in [2.05, 4.69) is 30.9 Å². The van der Waals surface area contributed by atoms with Crippen LogP contribution in [0.15, 0.2) is 15.8 Å². The van der Waals surface area contributed by atoms with Gasteiger partial charge in [-0.25, -0.2) is 19.8 Å². The highest BCUT2D eigenvalue weighted by Crippen LogP contribution is 2.27. The summed E-state index contributed by atoms with van der Waals surface area (Å²) in [6.45, 7) is 3.94. The van der Waals surface area contributed by atoms with Gasteiger partial charge < -0.3 is 19.8 Å². The molecule has 0 spiro atoms. The first-order valence-corrected chi connectivity index (χ1v) is 7.65. The summed E-state index contributed by atoms with van der Waals surface area (Å²) in [6, 6.07) is 0. The van der Waals surface area contributed by atoms with Crippen molar-refractivity contribution in [3.8, 4) is 0 Å². The standard InChI is InChI=1S/C13H19BrN6O2/c1-9(18(2)3)16-11-12(15-8-10(14)17-11)19-4-6-20(7-5-19)13(21)22/h8H,4-7H2,1-3H3,(H,21,22). The van der Waals surface area contributed by atoms with Gasteiger partial charge in [0.1, 0.15) is 10.4 Å². The molecule has 0 radical (unpaired) electrons. The number of amidine groups is 1. The number of hydrogen-bond donors (Lipinski definition) is 1. The third-order valence-corrected chi connectivity index (χ3v) is 3.85. The number of amides is 1. The fraction of sp³-hybridized carbons (Fsp3) is 0.538. The summed E-state index contributed by atoms with van der Waals surface area (Å²) in [7, 11) is 3.82. The predicted octanol–water partition coefficient (Wildman–Crippen LogP) is 1.65. The molecule has 0 bridgehead atoms. The Labute approximate surface area is 137 Å². The van der Waals surface area contributed by atoms with Gasteiger partial charge in [-0.05, 0) is 22.9 Å². The van der Waals surface area contributed by atoms with Crippen LogP contribution in [-0.2, 0) is 0 Å². The van der Waals surface area contributed by atoms with Crippen LogP contribution in [0, 0.1) is 0 Å². The van der Waals surface area contributed by atoms with E-state index >= 15 is 0 Å². The summed E-state index contributed by atoms with van der Waals surface area (Å²) in [5.41, 5.74) is 0. The summed E-state index contributed by atoms with van der Waals surface area (Å²) in [6.07, 6.45) is 0.742. The van der Waals surface area contributed by atoms with Gasteiger partial charge in [0, 0.05) is 40.3 Å². The molecule has 0 unspecified atom stereocenters. The molecule has 1 aliphatic rings. The second-order valence-electron chi connectivity index (χ2n) is 5.15. The molecular formula is C13H19BrN6O2. The molecule has 22 heavy (non-hydrogen) atoms. The predicted molar refractivity (Wildman–Crippen MR) is 88.0 cm³/mol. The number of aromatic nitrogens is 2. The van der Waals surface area contributed by atoms with E-state index in [0.29, 0.717) is 42.4 Å². The van der Waals surface area contributed by atoms with Crippen LogP contribution in [0.3, 0.4) is 0 Å². The fourth-order valence-electron chi connectivity index (χ4n) is 2.01. The van der Waals surface area contributed by atoms with E-state index in [4.69, 9.17) is 5.11 Å². The summed E-state index contributed by atoms with van der Waals surface area (Å²) in [5.74, 6) is 2.02. The van der Waals surface area contributed by atoms with Crippen molar-refractivity contribution >= 4 is 39.5 Å². The van der Waals surface area contributed by atoms with Crippen LogP contribution in [-0.4, -0.2) is 77.1 Å². The van der Waals surface area contributed by atoms with Crippen molar-refractivity contribution in [3.05, 3.63) is 10.8 Å². The number of nitrogens with zero attached hydrogens (tertiary/aromatic N) is 6. The molecule has 0 aromatic carbocycles. The second kappa shape index (κ2) is 6.91. The minimum atomic E-state index is -0.886. The van der Waals surface area contributed by atoms with Crippen LogP contribution < -0.4 is 4.90 Å². The molecule has 1 amide bonds. The molecule has 2 heterocycles. The lowest BCUT2D eigenvalue weighted by atomic mass is 10.3. The highest BCUT2D eigenvalue weighted by molar-refractivity contribution is 9.10. The van der Waals surface area contributed by atoms with Gasteiger partial charge in [-0.3, -0.25) is 0 Å². The van der Waals surface area contributed by atoms with Gasteiger partial charge in [0.2, 0.25) is 0 Å². The maximum atomic E-state index is 11.0.